The van der Waals surface area contributed by atoms with Crippen molar-refractivity contribution < 1.29 is 4.79 Å². The zero-order valence-corrected chi connectivity index (χ0v) is 11.5. The van der Waals surface area contributed by atoms with Crippen molar-refractivity contribution >= 4 is 11.9 Å². The predicted octanol–water partition coefficient (Wildman–Crippen LogP) is 1.53. The number of carbonyl (C=O) groups excluding carboxylic acids is 1. The highest BCUT2D eigenvalue weighted by Gasteiger charge is 2.43. The summed E-state index contributed by atoms with van der Waals surface area (Å²) >= 11 is 0. The van der Waals surface area contributed by atoms with Gasteiger partial charge in [0, 0.05) is 7.05 Å². The van der Waals surface area contributed by atoms with Crippen LogP contribution in [0, 0.1) is 20.8 Å². The fourth-order valence-electron chi connectivity index (χ4n) is 2.81. The number of rotatable bonds is 1. The van der Waals surface area contributed by atoms with Crippen molar-refractivity contribution in [3.63, 3.8) is 0 Å². The number of guanidine groups is 1. The lowest BCUT2D eigenvalue weighted by Crippen LogP contribution is -2.42. The Morgan fingerprint density at radius 3 is 2.17 bits per heavy atom. The van der Waals surface area contributed by atoms with E-state index in [1.807, 2.05) is 20.8 Å². The molecule has 1 amide bonds. The second-order valence-corrected chi connectivity index (χ2v) is 5.05. The normalized spacial score (nSPS) is 25.2. The molecule has 1 unspecified atom stereocenters. The van der Waals surface area contributed by atoms with Crippen molar-refractivity contribution in [2.24, 2.45) is 4.99 Å². The molecule has 1 aromatic carbocycles. The van der Waals surface area contributed by atoms with E-state index in [2.05, 4.69) is 34.7 Å². The van der Waals surface area contributed by atoms with Crippen molar-refractivity contribution in [2.45, 2.75) is 33.2 Å². The maximum absolute atomic E-state index is 12.2. The molecule has 1 fully saturated rings. The number of amides is 1. The van der Waals surface area contributed by atoms with Gasteiger partial charge in [0.15, 0.2) is 5.96 Å². The van der Waals surface area contributed by atoms with Crippen molar-refractivity contribution in [3.8, 4) is 0 Å². The Hall–Kier alpha value is -1.84. The summed E-state index contributed by atoms with van der Waals surface area (Å²) in [6, 6.07) is 4.20. The summed E-state index contributed by atoms with van der Waals surface area (Å²) in [5.41, 5.74) is 3.74. The third kappa shape index (κ3) is 1.78. The monoisotopic (exact) mass is 245 g/mol. The molecular weight excluding hydrogens is 226 g/mol. The second kappa shape index (κ2) is 4.12. The number of nitrogens with one attached hydrogen (secondary N) is 2. The van der Waals surface area contributed by atoms with Gasteiger partial charge in [-0.2, -0.15) is 0 Å². The zero-order valence-electron chi connectivity index (χ0n) is 11.5. The summed E-state index contributed by atoms with van der Waals surface area (Å²) in [4.78, 5) is 16.2. The fourth-order valence-corrected chi connectivity index (χ4v) is 2.81. The minimum atomic E-state index is -0.739. The molecule has 2 rings (SSSR count). The maximum atomic E-state index is 12.2. The average Bonchev–Trinajstić information content (AvgIpc) is 2.53. The van der Waals surface area contributed by atoms with Crippen molar-refractivity contribution in [2.75, 3.05) is 7.05 Å². The first-order valence-electron chi connectivity index (χ1n) is 6.03. The van der Waals surface area contributed by atoms with Gasteiger partial charge in [0.2, 0.25) is 0 Å². The first kappa shape index (κ1) is 12.6. The van der Waals surface area contributed by atoms with E-state index in [1.54, 1.807) is 7.05 Å². The van der Waals surface area contributed by atoms with E-state index in [-0.39, 0.29) is 5.91 Å². The van der Waals surface area contributed by atoms with Gasteiger partial charge in [-0.05, 0) is 44.4 Å². The lowest BCUT2D eigenvalue weighted by molar-refractivity contribution is -0.123. The molecule has 96 valence electrons. The van der Waals surface area contributed by atoms with Gasteiger partial charge >= 0.3 is 0 Å². The third-order valence-corrected chi connectivity index (χ3v) is 3.46. The molecular formula is C14H19N3O. The standard InChI is InChI=1S/C14H19N3O/c1-8-6-9(2)11(10(3)7-8)14(4)12(18)16-13(15-5)17-14/h6-7H,1-5H3,(H2,15,16,17,18). The molecule has 0 radical (unpaired) electrons. The Labute approximate surface area is 108 Å². The Bertz CT molecular complexity index is 525. The number of aliphatic imine (C=N–C) groups is 1. The van der Waals surface area contributed by atoms with Gasteiger partial charge < -0.3 is 5.32 Å². The molecule has 2 N–H and O–H groups in total. The third-order valence-electron chi connectivity index (χ3n) is 3.46. The molecule has 0 spiro atoms. The van der Waals surface area contributed by atoms with Crippen molar-refractivity contribution in [3.05, 3.63) is 34.4 Å². The van der Waals surface area contributed by atoms with E-state index in [9.17, 15) is 4.79 Å². The summed E-state index contributed by atoms with van der Waals surface area (Å²) in [6.45, 7) is 8.03. The molecule has 0 aromatic heterocycles. The van der Waals surface area contributed by atoms with Crippen LogP contribution in [0.4, 0.5) is 0 Å². The molecule has 0 bridgehead atoms. The minimum absolute atomic E-state index is 0.0573. The van der Waals surface area contributed by atoms with Crippen molar-refractivity contribution in [1.82, 2.24) is 10.6 Å². The summed E-state index contributed by atoms with van der Waals surface area (Å²) in [5, 5.41) is 5.94. The number of aryl methyl sites for hydroxylation is 3. The maximum Gasteiger partial charge on any atom is 0.256 e. The van der Waals surface area contributed by atoms with Gasteiger partial charge in [0.1, 0.15) is 5.54 Å². The average molecular weight is 245 g/mol. The number of carbonyl (C=O) groups is 1. The van der Waals surface area contributed by atoms with Gasteiger partial charge in [0.05, 0.1) is 0 Å². The Balaban J connectivity index is 2.59. The first-order valence-corrected chi connectivity index (χ1v) is 6.03. The van der Waals surface area contributed by atoms with E-state index in [0.717, 1.165) is 16.7 Å². The second-order valence-electron chi connectivity index (χ2n) is 5.05. The van der Waals surface area contributed by atoms with Crippen LogP contribution in [0.3, 0.4) is 0 Å². The highest BCUT2D eigenvalue weighted by atomic mass is 16.2. The van der Waals surface area contributed by atoms with Crippen LogP contribution >= 0.6 is 0 Å². The Morgan fingerprint density at radius 2 is 1.72 bits per heavy atom. The molecule has 4 nitrogen and oxygen atoms in total. The fraction of sp³-hybridized carbons (Fsp3) is 0.429. The molecule has 1 atom stereocenters. The summed E-state index contributed by atoms with van der Waals surface area (Å²) in [5.74, 6) is 0.472. The van der Waals surface area contributed by atoms with Gasteiger partial charge in [-0.15, -0.1) is 0 Å². The van der Waals surface area contributed by atoms with Crippen LogP contribution in [0.25, 0.3) is 0 Å². The highest BCUT2D eigenvalue weighted by molar-refractivity contribution is 6.09. The lowest BCUT2D eigenvalue weighted by Gasteiger charge is -2.26. The largest absolute Gasteiger partial charge is 0.338 e. The number of benzene rings is 1. The summed E-state index contributed by atoms with van der Waals surface area (Å²) in [6.07, 6.45) is 0. The number of nitrogens with zero attached hydrogens (tertiary/aromatic N) is 1. The van der Waals surface area contributed by atoms with E-state index < -0.39 is 5.54 Å². The zero-order chi connectivity index (χ0) is 13.5. The lowest BCUT2D eigenvalue weighted by atomic mass is 9.84. The van der Waals surface area contributed by atoms with Gasteiger partial charge in [-0.3, -0.25) is 15.1 Å². The van der Waals surface area contributed by atoms with Crippen LogP contribution in [0.15, 0.2) is 17.1 Å². The molecule has 0 aliphatic carbocycles. The summed E-state index contributed by atoms with van der Waals surface area (Å²) < 4.78 is 0. The number of hydrogen-bond acceptors (Lipinski definition) is 2. The van der Waals surface area contributed by atoms with E-state index in [0.29, 0.717) is 5.96 Å². The summed E-state index contributed by atoms with van der Waals surface area (Å²) in [7, 11) is 1.66. The van der Waals surface area contributed by atoms with Crippen LogP contribution < -0.4 is 10.6 Å². The Kier molecular flexibility index (Phi) is 2.89. The van der Waals surface area contributed by atoms with Crippen LogP contribution in [0.5, 0.6) is 0 Å². The van der Waals surface area contributed by atoms with Crippen LogP contribution in [0.1, 0.15) is 29.2 Å². The predicted molar refractivity (Wildman–Crippen MR) is 72.6 cm³/mol. The Morgan fingerprint density at radius 1 is 1.17 bits per heavy atom. The van der Waals surface area contributed by atoms with E-state index >= 15 is 0 Å². The molecule has 0 saturated carbocycles. The molecule has 1 aliphatic heterocycles. The topological polar surface area (TPSA) is 53.5 Å². The van der Waals surface area contributed by atoms with Crippen LogP contribution in [0.2, 0.25) is 0 Å². The molecule has 1 aromatic rings. The van der Waals surface area contributed by atoms with Crippen LogP contribution in [-0.2, 0) is 10.3 Å². The quantitative estimate of drug-likeness (QED) is 0.788. The smallest absolute Gasteiger partial charge is 0.256 e. The van der Waals surface area contributed by atoms with Crippen LogP contribution in [-0.4, -0.2) is 18.9 Å². The molecule has 4 heteroatoms. The number of hydrogen-bond donors (Lipinski definition) is 2. The first-order chi connectivity index (χ1) is 8.38. The van der Waals surface area contributed by atoms with E-state index in [4.69, 9.17) is 0 Å². The van der Waals surface area contributed by atoms with Gasteiger partial charge in [-0.1, -0.05) is 17.7 Å². The molecule has 1 heterocycles. The van der Waals surface area contributed by atoms with Gasteiger partial charge in [0.25, 0.3) is 5.91 Å². The highest BCUT2D eigenvalue weighted by Crippen LogP contribution is 2.30. The van der Waals surface area contributed by atoms with Gasteiger partial charge in [-0.25, -0.2) is 0 Å². The molecule has 1 aliphatic rings. The van der Waals surface area contributed by atoms with Crippen molar-refractivity contribution in [1.29, 1.82) is 0 Å². The molecule has 1 saturated heterocycles. The van der Waals surface area contributed by atoms with E-state index in [1.165, 1.54) is 5.56 Å². The SMILES string of the molecule is CN=C1NC(=O)C(C)(c2c(C)cc(C)cc2C)N1. The minimum Gasteiger partial charge on any atom is -0.338 e. The molecule has 18 heavy (non-hydrogen) atoms.